The Bertz CT molecular complexity index is 592. The van der Waals surface area contributed by atoms with Crippen LogP contribution in [0.1, 0.15) is 104 Å². The lowest BCUT2D eigenvalue weighted by Crippen LogP contribution is -2.23. The standard InChI is InChI=1S/C30H49NO/c1-3-5-7-8-9-10-11-12-13-14-15-16-17-18-19-20-21-22-23-24-25-26-28-29(30(31)32)27-6-4-2/h9-16,20-23,29H,3-8,17-19,24-28H2,1-2H3,(H2,31,32). The largest absolute Gasteiger partial charge is 0.369 e. The van der Waals surface area contributed by atoms with Crippen molar-refractivity contribution < 1.29 is 4.79 Å². The minimum atomic E-state index is -0.124. The number of carbonyl (C=O) groups excluding carboxylic acids is 1. The van der Waals surface area contributed by atoms with Crippen LogP contribution in [-0.2, 0) is 4.79 Å². The third-order valence-electron chi connectivity index (χ3n) is 5.41. The van der Waals surface area contributed by atoms with Gasteiger partial charge in [0.2, 0.25) is 5.91 Å². The van der Waals surface area contributed by atoms with Crippen LogP contribution in [-0.4, -0.2) is 5.91 Å². The van der Waals surface area contributed by atoms with E-state index in [1.54, 1.807) is 0 Å². The van der Waals surface area contributed by atoms with Gasteiger partial charge in [-0.1, -0.05) is 119 Å². The quantitative estimate of drug-likeness (QED) is 0.141. The van der Waals surface area contributed by atoms with Crippen molar-refractivity contribution in [2.24, 2.45) is 11.7 Å². The van der Waals surface area contributed by atoms with Crippen molar-refractivity contribution in [2.75, 3.05) is 0 Å². The van der Waals surface area contributed by atoms with E-state index in [0.29, 0.717) is 0 Å². The Morgan fingerprint density at radius 3 is 1.47 bits per heavy atom. The lowest BCUT2D eigenvalue weighted by atomic mass is 9.95. The van der Waals surface area contributed by atoms with E-state index in [-0.39, 0.29) is 11.8 Å². The van der Waals surface area contributed by atoms with Gasteiger partial charge in [-0.25, -0.2) is 0 Å². The zero-order chi connectivity index (χ0) is 23.5. The third kappa shape index (κ3) is 22.6. The summed E-state index contributed by atoms with van der Waals surface area (Å²) in [6, 6.07) is 0. The monoisotopic (exact) mass is 439 g/mol. The van der Waals surface area contributed by atoms with Gasteiger partial charge in [0.15, 0.2) is 0 Å². The molecule has 0 aliphatic rings. The van der Waals surface area contributed by atoms with Crippen LogP contribution in [0.25, 0.3) is 0 Å². The van der Waals surface area contributed by atoms with E-state index < -0.39 is 0 Å². The van der Waals surface area contributed by atoms with Crippen LogP contribution in [0.4, 0.5) is 0 Å². The maximum absolute atomic E-state index is 11.4. The van der Waals surface area contributed by atoms with Gasteiger partial charge in [0.25, 0.3) is 0 Å². The smallest absolute Gasteiger partial charge is 0.220 e. The molecule has 0 radical (unpaired) electrons. The topological polar surface area (TPSA) is 43.1 Å². The summed E-state index contributed by atoms with van der Waals surface area (Å²) in [6.07, 6.45) is 41.7. The summed E-state index contributed by atoms with van der Waals surface area (Å²) in [5.41, 5.74) is 5.50. The van der Waals surface area contributed by atoms with E-state index >= 15 is 0 Å². The molecule has 180 valence electrons. The minimum absolute atomic E-state index is 0.0714. The van der Waals surface area contributed by atoms with Crippen LogP contribution in [0.3, 0.4) is 0 Å². The SMILES string of the molecule is CCCCCC=CC=CC=CC=CCCCC=CC=CCCCCC(CCCC)C(N)=O. The summed E-state index contributed by atoms with van der Waals surface area (Å²) in [7, 11) is 0. The highest BCUT2D eigenvalue weighted by atomic mass is 16.1. The van der Waals surface area contributed by atoms with Crippen molar-refractivity contribution in [1.82, 2.24) is 0 Å². The molecule has 0 saturated carbocycles. The Morgan fingerprint density at radius 2 is 0.969 bits per heavy atom. The summed E-state index contributed by atoms with van der Waals surface area (Å²) in [5.74, 6) is -0.0531. The molecule has 0 aromatic rings. The lowest BCUT2D eigenvalue weighted by Gasteiger charge is -2.11. The molecule has 1 unspecified atom stereocenters. The molecule has 2 heteroatoms. The first-order valence-electron chi connectivity index (χ1n) is 13.0. The maximum Gasteiger partial charge on any atom is 0.220 e. The Kier molecular flexibility index (Phi) is 23.5. The van der Waals surface area contributed by atoms with Gasteiger partial charge >= 0.3 is 0 Å². The van der Waals surface area contributed by atoms with E-state index in [4.69, 9.17) is 5.73 Å². The predicted molar refractivity (Wildman–Crippen MR) is 144 cm³/mol. The number of allylic oxidation sites excluding steroid dienone is 12. The molecule has 2 N–H and O–H groups in total. The average Bonchev–Trinajstić information content (AvgIpc) is 2.79. The van der Waals surface area contributed by atoms with Crippen molar-refractivity contribution in [3.05, 3.63) is 72.9 Å². The van der Waals surface area contributed by atoms with Crippen molar-refractivity contribution in [3.63, 3.8) is 0 Å². The maximum atomic E-state index is 11.4. The molecule has 0 aliphatic carbocycles. The highest BCUT2D eigenvalue weighted by molar-refractivity contribution is 5.76. The highest BCUT2D eigenvalue weighted by Gasteiger charge is 2.13. The number of amides is 1. The Balaban J connectivity index is 3.64. The molecule has 1 atom stereocenters. The summed E-state index contributed by atoms with van der Waals surface area (Å²) in [4.78, 5) is 11.4. The van der Waals surface area contributed by atoms with Gasteiger partial charge < -0.3 is 5.73 Å². The molecular formula is C30H49NO. The van der Waals surface area contributed by atoms with Crippen molar-refractivity contribution in [1.29, 1.82) is 0 Å². The zero-order valence-corrected chi connectivity index (χ0v) is 20.9. The number of unbranched alkanes of at least 4 members (excludes halogenated alkanes) is 8. The molecule has 32 heavy (non-hydrogen) atoms. The van der Waals surface area contributed by atoms with E-state index in [0.717, 1.165) is 57.8 Å². The molecule has 0 aromatic heterocycles. The number of hydrogen-bond donors (Lipinski definition) is 1. The van der Waals surface area contributed by atoms with Gasteiger partial charge in [0.1, 0.15) is 0 Å². The van der Waals surface area contributed by atoms with Gasteiger partial charge in [-0.3, -0.25) is 4.79 Å². The normalized spacial score (nSPS) is 13.8. The van der Waals surface area contributed by atoms with Crippen LogP contribution in [0.5, 0.6) is 0 Å². The van der Waals surface area contributed by atoms with Crippen molar-refractivity contribution >= 4 is 5.91 Å². The molecule has 0 heterocycles. The summed E-state index contributed by atoms with van der Waals surface area (Å²) in [5, 5.41) is 0. The molecule has 0 rings (SSSR count). The first kappa shape index (κ1) is 29.9. The van der Waals surface area contributed by atoms with Crippen LogP contribution in [0.15, 0.2) is 72.9 Å². The Labute approximate surface area is 199 Å². The third-order valence-corrected chi connectivity index (χ3v) is 5.41. The summed E-state index contributed by atoms with van der Waals surface area (Å²) < 4.78 is 0. The minimum Gasteiger partial charge on any atom is -0.369 e. The number of nitrogens with two attached hydrogens (primary N) is 1. The van der Waals surface area contributed by atoms with Crippen molar-refractivity contribution in [2.45, 2.75) is 104 Å². The molecule has 0 aliphatic heterocycles. The van der Waals surface area contributed by atoms with Crippen molar-refractivity contribution in [3.8, 4) is 0 Å². The van der Waals surface area contributed by atoms with Gasteiger partial charge in [-0.05, 0) is 57.8 Å². The molecule has 0 spiro atoms. The molecule has 1 amide bonds. The first-order chi connectivity index (χ1) is 15.7. The fourth-order valence-corrected chi connectivity index (χ4v) is 3.35. The van der Waals surface area contributed by atoms with E-state index in [9.17, 15) is 4.79 Å². The van der Waals surface area contributed by atoms with E-state index in [1.165, 1.54) is 32.1 Å². The van der Waals surface area contributed by atoms with Crippen LogP contribution >= 0.6 is 0 Å². The van der Waals surface area contributed by atoms with Gasteiger partial charge in [-0.2, -0.15) is 0 Å². The van der Waals surface area contributed by atoms with Gasteiger partial charge in [0, 0.05) is 5.92 Å². The molecular weight excluding hydrogens is 390 g/mol. The first-order valence-corrected chi connectivity index (χ1v) is 13.0. The van der Waals surface area contributed by atoms with Gasteiger partial charge in [0.05, 0.1) is 0 Å². The fraction of sp³-hybridized carbons (Fsp3) is 0.567. The van der Waals surface area contributed by atoms with Crippen LogP contribution in [0.2, 0.25) is 0 Å². The summed E-state index contributed by atoms with van der Waals surface area (Å²) in [6.45, 7) is 4.39. The van der Waals surface area contributed by atoms with E-state index in [2.05, 4.69) is 86.8 Å². The molecule has 0 fully saturated rings. The Morgan fingerprint density at radius 1 is 0.562 bits per heavy atom. The average molecular weight is 440 g/mol. The number of primary amides is 1. The van der Waals surface area contributed by atoms with Crippen LogP contribution in [0, 0.1) is 5.92 Å². The number of hydrogen-bond acceptors (Lipinski definition) is 1. The molecule has 2 nitrogen and oxygen atoms in total. The second-order valence-corrected chi connectivity index (χ2v) is 8.44. The molecule has 0 aromatic carbocycles. The second kappa shape index (κ2) is 25.2. The second-order valence-electron chi connectivity index (χ2n) is 8.44. The number of rotatable bonds is 21. The lowest BCUT2D eigenvalue weighted by molar-refractivity contribution is -0.122. The number of carbonyl (C=O) groups is 1. The highest BCUT2D eigenvalue weighted by Crippen LogP contribution is 2.16. The van der Waals surface area contributed by atoms with Crippen LogP contribution < -0.4 is 5.73 Å². The van der Waals surface area contributed by atoms with E-state index in [1.807, 2.05) is 0 Å². The predicted octanol–water partition coefficient (Wildman–Crippen LogP) is 8.93. The Hall–Kier alpha value is -2.09. The molecule has 0 bridgehead atoms. The zero-order valence-electron chi connectivity index (χ0n) is 20.9. The van der Waals surface area contributed by atoms with Gasteiger partial charge in [-0.15, -0.1) is 0 Å². The summed E-state index contributed by atoms with van der Waals surface area (Å²) >= 11 is 0. The molecule has 0 saturated heterocycles. The fourth-order valence-electron chi connectivity index (χ4n) is 3.35.